The van der Waals surface area contributed by atoms with Crippen molar-refractivity contribution in [3.63, 3.8) is 0 Å². The van der Waals surface area contributed by atoms with Crippen LogP contribution in [0.1, 0.15) is 38.1 Å². The number of nitrogens with zero attached hydrogens (tertiary/aromatic N) is 2. The molecule has 1 aliphatic rings. The lowest BCUT2D eigenvalue weighted by molar-refractivity contribution is 0.101. The van der Waals surface area contributed by atoms with Crippen LogP contribution in [0, 0.1) is 5.92 Å². The molecule has 1 atom stereocenters. The average molecular weight is 317 g/mol. The van der Waals surface area contributed by atoms with Crippen LogP contribution in [-0.2, 0) is 0 Å². The van der Waals surface area contributed by atoms with Crippen molar-refractivity contribution < 1.29 is 9.59 Å². The van der Waals surface area contributed by atoms with Gasteiger partial charge in [-0.2, -0.15) is 0 Å². The van der Waals surface area contributed by atoms with Crippen molar-refractivity contribution >= 4 is 17.5 Å². The fourth-order valence-electron chi connectivity index (χ4n) is 2.53. The number of benzene rings is 1. The standard InChI is InChI=1S/C18H27N3O2/c1-13(2)14(3)19-18(23)21-11-9-20(10-12-21)17-7-5-16(6-8-17)15(4)22/h5-8,13-14H,9-12H2,1-4H3,(H,19,23)/t14-/m1/s1. The minimum absolute atomic E-state index is 0.0257. The summed E-state index contributed by atoms with van der Waals surface area (Å²) in [5, 5.41) is 3.05. The predicted octanol–water partition coefficient (Wildman–Crippen LogP) is 2.77. The van der Waals surface area contributed by atoms with E-state index in [1.165, 1.54) is 0 Å². The van der Waals surface area contributed by atoms with E-state index in [1.54, 1.807) is 6.92 Å². The first-order valence-electron chi connectivity index (χ1n) is 8.30. The number of carbonyl (C=O) groups is 2. The van der Waals surface area contributed by atoms with Gasteiger partial charge in [-0.15, -0.1) is 0 Å². The minimum atomic E-state index is 0.0257. The second kappa shape index (κ2) is 7.49. The zero-order chi connectivity index (χ0) is 17.0. The molecule has 23 heavy (non-hydrogen) atoms. The highest BCUT2D eigenvalue weighted by Gasteiger charge is 2.22. The van der Waals surface area contributed by atoms with Crippen molar-refractivity contribution in [2.24, 2.45) is 5.92 Å². The number of hydrogen-bond acceptors (Lipinski definition) is 3. The van der Waals surface area contributed by atoms with E-state index in [1.807, 2.05) is 36.1 Å². The van der Waals surface area contributed by atoms with Crippen LogP contribution in [0.2, 0.25) is 0 Å². The molecule has 1 aromatic rings. The Labute approximate surface area is 138 Å². The number of piperazine rings is 1. The Morgan fingerprint density at radius 3 is 2.04 bits per heavy atom. The van der Waals surface area contributed by atoms with E-state index in [2.05, 4.69) is 24.1 Å². The summed E-state index contributed by atoms with van der Waals surface area (Å²) < 4.78 is 0. The molecule has 0 unspecified atom stereocenters. The van der Waals surface area contributed by atoms with Crippen LogP contribution in [-0.4, -0.2) is 48.9 Å². The summed E-state index contributed by atoms with van der Waals surface area (Å²) in [6, 6.07) is 7.89. The fourth-order valence-corrected chi connectivity index (χ4v) is 2.53. The lowest BCUT2D eigenvalue weighted by Crippen LogP contribution is -2.53. The number of carbonyl (C=O) groups excluding carboxylic acids is 2. The fraction of sp³-hybridized carbons (Fsp3) is 0.556. The normalized spacial score (nSPS) is 16.4. The van der Waals surface area contributed by atoms with Gasteiger partial charge in [-0.05, 0) is 44.0 Å². The molecule has 1 aliphatic heterocycles. The lowest BCUT2D eigenvalue weighted by atomic mass is 10.1. The van der Waals surface area contributed by atoms with Crippen LogP contribution in [0.4, 0.5) is 10.5 Å². The van der Waals surface area contributed by atoms with E-state index in [4.69, 9.17) is 0 Å². The molecule has 2 amide bonds. The molecule has 0 radical (unpaired) electrons. The summed E-state index contributed by atoms with van der Waals surface area (Å²) >= 11 is 0. The lowest BCUT2D eigenvalue weighted by Gasteiger charge is -2.36. The monoisotopic (exact) mass is 317 g/mol. The van der Waals surface area contributed by atoms with Gasteiger partial charge >= 0.3 is 6.03 Å². The first-order valence-corrected chi connectivity index (χ1v) is 8.30. The third kappa shape index (κ3) is 4.47. The van der Waals surface area contributed by atoms with Gasteiger partial charge in [0.2, 0.25) is 0 Å². The van der Waals surface area contributed by atoms with Crippen LogP contribution < -0.4 is 10.2 Å². The predicted molar refractivity (Wildman–Crippen MR) is 93.1 cm³/mol. The van der Waals surface area contributed by atoms with Crippen LogP contribution >= 0.6 is 0 Å². The largest absolute Gasteiger partial charge is 0.368 e. The van der Waals surface area contributed by atoms with Crippen molar-refractivity contribution in [3.8, 4) is 0 Å². The van der Waals surface area contributed by atoms with Crippen molar-refractivity contribution in [1.82, 2.24) is 10.2 Å². The van der Waals surface area contributed by atoms with E-state index in [-0.39, 0.29) is 17.9 Å². The quantitative estimate of drug-likeness (QED) is 0.869. The molecule has 0 bridgehead atoms. The molecule has 1 N–H and O–H groups in total. The Bertz CT molecular complexity index is 546. The van der Waals surface area contributed by atoms with Gasteiger partial charge < -0.3 is 15.1 Å². The first-order chi connectivity index (χ1) is 10.9. The molecular formula is C18H27N3O2. The van der Waals surface area contributed by atoms with E-state index in [9.17, 15) is 9.59 Å². The average Bonchev–Trinajstić information content (AvgIpc) is 2.55. The van der Waals surface area contributed by atoms with Crippen LogP contribution in [0.5, 0.6) is 0 Å². The number of amides is 2. The SMILES string of the molecule is CC(=O)c1ccc(N2CCN(C(=O)N[C@H](C)C(C)C)CC2)cc1. The van der Waals surface area contributed by atoms with Gasteiger partial charge in [0, 0.05) is 43.5 Å². The number of urea groups is 1. The third-order valence-electron chi connectivity index (χ3n) is 4.56. The zero-order valence-electron chi connectivity index (χ0n) is 14.5. The molecule has 0 aliphatic carbocycles. The molecule has 5 nitrogen and oxygen atoms in total. The first kappa shape index (κ1) is 17.3. The van der Waals surface area contributed by atoms with Crippen LogP contribution in [0.3, 0.4) is 0 Å². The van der Waals surface area contributed by atoms with Crippen molar-refractivity contribution in [2.45, 2.75) is 33.7 Å². The third-order valence-corrected chi connectivity index (χ3v) is 4.56. The maximum atomic E-state index is 12.2. The number of anilines is 1. The Kier molecular flexibility index (Phi) is 5.64. The molecule has 126 valence electrons. The van der Waals surface area contributed by atoms with Crippen molar-refractivity contribution in [2.75, 3.05) is 31.1 Å². The topological polar surface area (TPSA) is 52.7 Å². The van der Waals surface area contributed by atoms with Gasteiger partial charge in [-0.1, -0.05) is 13.8 Å². The van der Waals surface area contributed by atoms with E-state index in [0.717, 1.165) is 24.3 Å². The molecule has 0 spiro atoms. The molecule has 0 aromatic heterocycles. The molecule has 1 saturated heterocycles. The summed E-state index contributed by atoms with van der Waals surface area (Å²) in [6.45, 7) is 10.9. The summed E-state index contributed by atoms with van der Waals surface area (Å²) in [5.41, 5.74) is 1.83. The van der Waals surface area contributed by atoms with Gasteiger partial charge in [-0.3, -0.25) is 4.79 Å². The van der Waals surface area contributed by atoms with Gasteiger partial charge in [0.25, 0.3) is 0 Å². The Morgan fingerprint density at radius 1 is 1.00 bits per heavy atom. The highest BCUT2D eigenvalue weighted by Crippen LogP contribution is 2.18. The van der Waals surface area contributed by atoms with E-state index in [0.29, 0.717) is 19.0 Å². The van der Waals surface area contributed by atoms with Crippen LogP contribution in [0.25, 0.3) is 0 Å². The summed E-state index contributed by atoms with van der Waals surface area (Å²) in [5.74, 6) is 0.511. The summed E-state index contributed by atoms with van der Waals surface area (Å²) in [7, 11) is 0. The number of nitrogens with one attached hydrogen (secondary N) is 1. The molecule has 1 fully saturated rings. The molecule has 2 rings (SSSR count). The molecule has 0 saturated carbocycles. The Morgan fingerprint density at radius 2 is 1.57 bits per heavy atom. The Balaban J connectivity index is 1.88. The summed E-state index contributed by atoms with van der Waals surface area (Å²) in [4.78, 5) is 27.7. The van der Waals surface area contributed by atoms with Gasteiger partial charge in [0.1, 0.15) is 0 Å². The second-order valence-corrected chi connectivity index (χ2v) is 6.56. The number of ketones is 1. The highest BCUT2D eigenvalue weighted by molar-refractivity contribution is 5.94. The van der Waals surface area contributed by atoms with Gasteiger partial charge in [0.15, 0.2) is 5.78 Å². The maximum Gasteiger partial charge on any atom is 0.317 e. The molecule has 1 aromatic carbocycles. The molecular weight excluding hydrogens is 290 g/mol. The number of rotatable bonds is 4. The van der Waals surface area contributed by atoms with Crippen molar-refractivity contribution in [1.29, 1.82) is 0 Å². The minimum Gasteiger partial charge on any atom is -0.368 e. The zero-order valence-corrected chi connectivity index (χ0v) is 14.5. The smallest absolute Gasteiger partial charge is 0.317 e. The number of Topliss-reactive ketones (excluding diaryl/α,β-unsaturated/α-hetero) is 1. The second-order valence-electron chi connectivity index (χ2n) is 6.56. The molecule has 5 heteroatoms. The molecule has 1 heterocycles. The summed E-state index contributed by atoms with van der Waals surface area (Å²) in [6.07, 6.45) is 0. The van der Waals surface area contributed by atoms with Gasteiger partial charge in [-0.25, -0.2) is 4.79 Å². The maximum absolute atomic E-state index is 12.2. The number of hydrogen-bond donors (Lipinski definition) is 1. The van der Waals surface area contributed by atoms with E-state index >= 15 is 0 Å². The van der Waals surface area contributed by atoms with E-state index < -0.39 is 0 Å². The van der Waals surface area contributed by atoms with Gasteiger partial charge in [0.05, 0.1) is 0 Å². The highest BCUT2D eigenvalue weighted by atomic mass is 16.2. The van der Waals surface area contributed by atoms with Crippen LogP contribution in [0.15, 0.2) is 24.3 Å². The van der Waals surface area contributed by atoms with Crippen molar-refractivity contribution in [3.05, 3.63) is 29.8 Å². The Hall–Kier alpha value is -2.04.